The van der Waals surface area contributed by atoms with Gasteiger partial charge < -0.3 is 9.64 Å². The Morgan fingerprint density at radius 2 is 2.13 bits per heavy atom. The van der Waals surface area contributed by atoms with E-state index in [1.807, 2.05) is 13.8 Å². The first kappa shape index (κ1) is 15.9. The predicted octanol–water partition coefficient (Wildman–Crippen LogP) is 0.361. The van der Waals surface area contributed by atoms with Crippen molar-refractivity contribution in [3.63, 3.8) is 0 Å². The van der Waals surface area contributed by atoms with Crippen LogP contribution in [0.1, 0.15) is 19.4 Å². The number of rotatable bonds is 2. The molecule has 2 aliphatic rings. The summed E-state index contributed by atoms with van der Waals surface area (Å²) in [6, 6.07) is 6.59. The molecule has 2 unspecified atom stereocenters. The second kappa shape index (κ2) is 5.93. The van der Waals surface area contributed by atoms with Crippen LogP contribution in [0.25, 0.3) is 0 Å². The lowest BCUT2D eigenvalue weighted by Gasteiger charge is -2.36. The third kappa shape index (κ3) is 3.09. The smallest absolute Gasteiger partial charge is 0.263 e. The van der Waals surface area contributed by atoms with E-state index in [-0.39, 0.29) is 35.3 Å². The molecule has 2 atom stereocenters. The van der Waals surface area contributed by atoms with Crippen molar-refractivity contribution < 1.29 is 17.9 Å². The zero-order valence-corrected chi connectivity index (χ0v) is 13.8. The zero-order chi connectivity index (χ0) is 16.6. The van der Waals surface area contributed by atoms with E-state index in [0.29, 0.717) is 18.7 Å². The molecule has 23 heavy (non-hydrogen) atoms. The first-order chi connectivity index (χ1) is 10.9. The maximum atomic E-state index is 12.4. The highest BCUT2D eigenvalue weighted by Gasteiger charge is 2.31. The Morgan fingerprint density at radius 3 is 2.91 bits per heavy atom. The summed E-state index contributed by atoms with van der Waals surface area (Å²) in [5.74, 6) is 0.0895. The zero-order valence-electron chi connectivity index (χ0n) is 13.0. The van der Waals surface area contributed by atoms with Crippen LogP contribution in [-0.4, -0.2) is 56.9 Å². The van der Waals surface area contributed by atoms with Crippen molar-refractivity contribution in [2.75, 3.05) is 19.7 Å². The minimum atomic E-state index is -3.57. The minimum Gasteiger partial charge on any atom is -0.375 e. The maximum Gasteiger partial charge on any atom is 0.263 e. The Morgan fingerprint density at radius 1 is 1.39 bits per heavy atom. The molecule has 0 aliphatic carbocycles. The molecule has 124 valence electrons. The fourth-order valence-corrected chi connectivity index (χ4v) is 3.99. The molecule has 1 fully saturated rings. The maximum absolute atomic E-state index is 12.4. The number of nitrogens with one attached hydrogen (secondary N) is 1. The molecule has 1 aromatic rings. The van der Waals surface area contributed by atoms with Crippen molar-refractivity contribution >= 4 is 21.8 Å². The number of morpholine rings is 1. The quantitative estimate of drug-likeness (QED) is 0.844. The van der Waals surface area contributed by atoms with Gasteiger partial charge in [0.15, 0.2) is 0 Å². The predicted molar refractivity (Wildman–Crippen MR) is 84.8 cm³/mol. The summed E-state index contributed by atoms with van der Waals surface area (Å²) < 4.78 is 31.9. The van der Waals surface area contributed by atoms with E-state index in [9.17, 15) is 13.2 Å². The number of hydrogen-bond donors (Lipinski definition) is 1. The van der Waals surface area contributed by atoms with Gasteiger partial charge >= 0.3 is 0 Å². The molecule has 0 bridgehead atoms. The van der Waals surface area contributed by atoms with Crippen molar-refractivity contribution in [3.05, 3.63) is 29.8 Å². The summed E-state index contributed by atoms with van der Waals surface area (Å²) in [4.78, 5) is 18.5. The standard InChI is InChI=1S/C15H19N3O4S/c1-10-9-22-11(2)8-18(10)14(19)7-16-15-12-5-3-4-6-13(12)23(20,21)17-15/h3-6,10-11H,7-9H2,1-2H3,(H,16,17). The molecule has 1 saturated heterocycles. The Kier molecular flexibility index (Phi) is 4.11. The lowest BCUT2D eigenvalue weighted by atomic mass is 10.2. The highest BCUT2D eigenvalue weighted by molar-refractivity contribution is 7.90. The van der Waals surface area contributed by atoms with Crippen LogP contribution in [0, 0.1) is 0 Å². The van der Waals surface area contributed by atoms with Crippen LogP contribution in [0.5, 0.6) is 0 Å². The molecule has 7 nitrogen and oxygen atoms in total. The van der Waals surface area contributed by atoms with Gasteiger partial charge in [-0.2, -0.15) is 0 Å². The number of ether oxygens (including phenoxy) is 1. The highest BCUT2D eigenvalue weighted by atomic mass is 32.2. The summed E-state index contributed by atoms with van der Waals surface area (Å²) in [6.07, 6.45) is -0.00601. The van der Waals surface area contributed by atoms with Gasteiger partial charge in [0.05, 0.1) is 23.6 Å². The summed E-state index contributed by atoms with van der Waals surface area (Å²) in [5, 5.41) is 0. The number of benzene rings is 1. The first-order valence-corrected chi connectivity index (χ1v) is 8.94. The molecule has 8 heteroatoms. The van der Waals surface area contributed by atoms with Crippen molar-refractivity contribution in [3.8, 4) is 0 Å². The normalized spacial score (nSPS) is 27.6. The van der Waals surface area contributed by atoms with E-state index in [1.54, 1.807) is 23.1 Å². The molecule has 1 amide bonds. The molecule has 1 N–H and O–H groups in total. The van der Waals surface area contributed by atoms with Crippen LogP contribution in [0.2, 0.25) is 0 Å². The Bertz CT molecular complexity index is 760. The monoisotopic (exact) mass is 337 g/mol. The van der Waals surface area contributed by atoms with Gasteiger partial charge in [0.1, 0.15) is 12.4 Å². The molecule has 2 heterocycles. The van der Waals surface area contributed by atoms with Gasteiger partial charge in [-0.25, -0.2) is 8.42 Å². The first-order valence-electron chi connectivity index (χ1n) is 7.46. The van der Waals surface area contributed by atoms with Crippen LogP contribution in [0.15, 0.2) is 34.2 Å². The molecule has 0 radical (unpaired) electrons. The van der Waals surface area contributed by atoms with Crippen LogP contribution in [0.3, 0.4) is 0 Å². The van der Waals surface area contributed by atoms with Gasteiger partial charge in [0.2, 0.25) is 5.91 Å². The van der Waals surface area contributed by atoms with Crippen LogP contribution in [-0.2, 0) is 19.6 Å². The summed E-state index contributed by atoms with van der Waals surface area (Å²) in [7, 11) is -3.57. The molecule has 1 aromatic carbocycles. The van der Waals surface area contributed by atoms with Crippen molar-refractivity contribution in [2.45, 2.75) is 30.9 Å². The number of carbonyl (C=O) groups is 1. The minimum absolute atomic E-state index is 0.00601. The van der Waals surface area contributed by atoms with Crippen LogP contribution < -0.4 is 4.72 Å². The number of carbonyl (C=O) groups excluding carboxylic acids is 1. The average Bonchev–Trinajstić information content (AvgIpc) is 2.79. The second-order valence-corrected chi connectivity index (χ2v) is 7.46. The molecule has 3 rings (SSSR count). The number of hydrogen-bond acceptors (Lipinski definition) is 5. The van der Waals surface area contributed by atoms with Gasteiger partial charge in [0.25, 0.3) is 10.0 Å². The lowest BCUT2D eigenvalue weighted by Crippen LogP contribution is -2.51. The van der Waals surface area contributed by atoms with E-state index in [4.69, 9.17) is 4.74 Å². The van der Waals surface area contributed by atoms with E-state index in [2.05, 4.69) is 9.71 Å². The Labute approximate surface area is 135 Å². The fourth-order valence-electron chi connectivity index (χ4n) is 2.74. The molecular formula is C15H19N3O4S. The molecule has 0 saturated carbocycles. The molecule has 0 aromatic heterocycles. The molecule has 2 aliphatic heterocycles. The largest absolute Gasteiger partial charge is 0.375 e. The number of amides is 1. The van der Waals surface area contributed by atoms with Gasteiger partial charge in [0, 0.05) is 12.1 Å². The van der Waals surface area contributed by atoms with Gasteiger partial charge in [-0.1, -0.05) is 12.1 Å². The Balaban J connectivity index is 1.77. The topological polar surface area (TPSA) is 88.1 Å². The number of amidine groups is 1. The second-order valence-electron chi connectivity index (χ2n) is 5.81. The van der Waals surface area contributed by atoms with Crippen molar-refractivity contribution in [1.29, 1.82) is 0 Å². The lowest BCUT2D eigenvalue weighted by molar-refractivity contribution is -0.141. The average molecular weight is 337 g/mol. The van der Waals surface area contributed by atoms with E-state index >= 15 is 0 Å². The summed E-state index contributed by atoms with van der Waals surface area (Å²) in [5.41, 5.74) is 0.503. The van der Waals surface area contributed by atoms with Gasteiger partial charge in [-0.3, -0.25) is 14.5 Å². The summed E-state index contributed by atoms with van der Waals surface area (Å²) in [6.45, 7) is 4.76. The van der Waals surface area contributed by atoms with Crippen LogP contribution in [0.4, 0.5) is 0 Å². The third-order valence-electron chi connectivity index (χ3n) is 3.96. The summed E-state index contributed by atoms with van der Waals surface area (Å²) >= 11 is 0. The number of fused-ring (bicyclic) bond motifs is 1. The highest BCUT2D eigenvalue weighted by Crippen LogP contribution is 2.22. The number of nitrogens with zero attached hydrogens (tertiary/aromatic N) is 2. The van der Waals surface area contributed by atoms with Crippen molar-refractivity contribution in [1.82, 2.24) is 9.62 Å². The molecule has 0 spiro atoms. The third-order valence-corrected chi connectivity index (χ3v) is 5.36. The van der Waals surface area contributed by atoms with Gasteiger partial charge in [-0.15, -0.1) is 0 Å². The molecular weight excluding hydrogens is 318 g/mol. The van der Waals surface area contributed by atoms with E-state index in [1.165, 1.54) is 6.07 Å². The van der Waals surface area contributed by atoms with Gasteiger partial charge in [-0.05, 0) is 26.0 Å². The van der Waals surface area contributed by atoms with E-state index < -0.39 is 10.0 Å². The SMILES string of the molecule is CC1CN(C(=O)CN=C2NS(=O)(=O)c3ccccc32)C(C)CO1. The number of aliphatic imine (C=N–C) groups is 1. The fraction of sp³-hybridized carbons (Fsp3) is 0.467. The van der Waals surface area contributed by atoms with E-state index in [0.717, 1.165) is 0 Å². The van der Waals surface area contributed by atoms with Crippen molar-refractivity contribution in [2.24, 2.45) is 4.99 Å². The number of sulfonamides is 1. The van der Waals surface area contributed by atoms with Crippen LogP contribution >= 0.6 is 0 Å². The Hall–Kier alpha value is -1.93.